The number of aliphatic carboxylic acids is 1. The molecular formula is C15H21NO2S. The third-order valence-electron chi connectivity index (χ3n) is 3.61. The molecule has 0 radical (unpaired) electrons. The summed E-state index contributed by atoms with van der Waals surface area (Å²) in [6, 6.07) is 8.52. The molecule has 4 heteroatoms. The van der Waals surface area contributed by atoms with Gasteiger partial charge in [0.05, 0.1) is 5.92 Å². The zero-order valence-corrected chi connectivity index (χ0v) is 12.1. The average Bonchev–Trinajstić information content (AvgIpc) is 2.46. The quantitative estimate of drug-likeness (QED) is 0.870. The zero-order valence-electron chi connectivity index (χ0n) is 11.3. The normalized spacial score (nSPS) is 21.0. The molecular weight excluding hydrogens is 258 g/mol. The van der Waals surface area contributed by atoms with Gasteiger partial charge in [-0.2, -0.15) is 11.8 Å². The van der Waals surface area contributed by atoms with E-state index in [9.17, 15) is 4.79 Å². The molecule has 2 N–H and O–H groups in total. The molecule has 2 atom stereocenters. The first-order valence-corrected chi connectivity index (χ1v) is 7.95. The number of hydrogen-bond acceptors (Lipinski definition) is 3. The molecule has 1 saturated heterocycles. The molecule has 1 heterocycles. The Morgan fingerprint density at radius 2 is 2.21 bits per heavy atom. The standard InChI is InChI=1S/C15H21NO2S/c1-11(15(17)18)13-6-4-12(5-7-13)9-16-14-3-2-8-19-10-14/h4-7,11,14,16H,2-3,8-10H2,1H3,(H,17,18). The number of rotatable bonds is 5. The maximum Gasteiger partial charge on any atom is 0.310 e. The molecule has 1 aromatic rings. The highest BCUT2D eigenvalue weighted by atomic mass is 32.2. The van der Waals surface area contributed by atoms with E-state index in [2.05, 4.69) is 5.32 Å². The Bertz CT molecular complexity index is 413. The van der Waals surface area contributed by atoms with Crippen molar-refractivity contribution < 1.29 is 9.90 Å². The van der Waals surface area contributed by atoms with Crippen LogP contribution in [-0.4, -0.2) is 28.6 Å². The number of hydrogen-bond donors (Lipinski definition) is 2. The van der Waals surface area contributed by atoms with Gasteiger partial charge in [-0.25, -0.2) is 0 Å². The molecule has 1 aromatic carbocycles. The van der Waals surface area contributed by atoms with Crippen molar-refractivity contribution in [2.24, 2.45) is 0 Å². The summed E-state index contributed by atoms with van der Waals surface area (Å²) < 4.78 is 0. The molecule has 1 fully saturated rings. The molecule has 2 rings (SSSR count). The fourth-order valence-electron chi connectivity index (χ4n) is 2.23. The summed E-state index contributed by atoms with van der Waals surface area (Å²) >= 11 is 2.02. The van der Waals surface area contributed by atoms with E-state index in [1.807, 2.05) is 36.0 Å². The Kier molecular flexibility index (Phi) is 5.28. The van der Waals surface area contributed by atoms with Crippen LogP contribution in [0.25, 0.3) is 0 Å². The van der Waals surface area contributed by atoms with E-state index in [1.54, 1.807) is 6.92 Å². The van der Waals surface area contributed by atoms with Crippen molar-refractivity contribution in [3.8, 4) is 0 Å². The summed E-state index contributed by atoms with van der Waals surface area (Å²) in [5, 5.41) is 12.5. The van der Waals surface area contributed by atoms with Crippen LogP contribution in [0, 0.1) is 0 Å². The fraction of sp³-hybridized carbons (Fsp3) is 0.533. The van der Waals surface area contributed by atoms with Gasteiger partial charge in [-0.05, 0) is 36.6 Å². The minimum absolute atomic E-state index is 0.434. The summed E-state index contributed by atoms with van der Waals surface area (Å²) in [6.07, 6.45) is 2.57. The molecule has 1 aliphatic heterocycles. The van der Waals surface area contributed by atoms with Crippen molar-refractivity contribution in [1.82, 2.24) is 5.32 Å². The van der Waals surface area contributed by atoms with Gasteiger partial charge in [0.15, 0.2) is 0 Å². The van der Waals surface area contributed by atoms with Gasteiger partial charge >= 0.3 is 5.97 Å². The molecule has 19 heavy (non-hydrogen) atoms. The molecule has 0 amide bonds. The topological polar surface area (TPSA) is 49.3 Å². The monoisotopic (exact) mass is 279 g/mol. The molecule has 104 valence electrons. The lowest BCUT2D eigenvalue weighted by Gasteiger charge is -2.22. The number of benzene rings is 1. The highest BCUT2D eigenvalue weighted by Gasteiger charge is 2.14. The van der Waals surface area contributed by atoms with Gasteiger partial charge < -0.3 is 10.4 Å². The second kappa shape index (κ2) is 6.96. The molecule has 0 saturated carbocycles. The SMILES string of the molecule is CC(C(=O)O)c1ccc(CNC2CCCSC2)cc1. The van der Waals surface area contributed by atoms with Crippen molar-refractivity contribution in [3.63, 3.8) is 0 Å². The van der Waals surface area contributed by atoms with Gasteiger partial charge in [0.2, 0.25) is 0 Å². The van der Waals surface area contributed by atoms with E-state index in [0.29, 0.717) is 6.04 Å². The number of carboxylic acid groups (broad SMARTS) is 1. The van der Waals surface area contributed by atoms with Crippen LogP contribution < -0.4 is 5.32 Å². The first-order valence-electron chi connectivity index (χ1n) is 6.79. The van der Waals surface area contributed by atoms with Crippen LogP contribution in [0.4, 0.5) is 0 Å². The summed E-state index contributed by atoms with van der Waals surface area (Å²) in [4.78, 5) is 10.9. The van der Waals surface area contributed by atoms with Crippen LogP contribution in [-0.2, 0) is 11.3 Å². The summed E-state index contributed by atoms with van der Waals surface area (Å²) in [6.45, 7) is 2.59. The molecule has 2 unspecified atom stereocenters. The lowest BCUT2D eigenvalue weighted by molar-refractivity contribution is -0.138. The smallest absolute Gasteiger partial charge is 0.310 e. The predicted octanol–water partition coefficient (Wildman–Crippen LogP) is 2.86. The lowest BCUT2D eigenvalue weighted by Crippen LogP contribution is -2.33. The molecule has 3 nitrogen and oxygen atoms in total. The average molecular weight is 279 g/mol. The van der Waals surface area contributed by atoms with Gasteiger partial charge in [-0.3, -0.25) is 4.79 Å². The Balaban J connectivity index is 1.86. The minimum Gasteiger partial charge on any atom is -0.481 e. The van der Waals surface area contributed by atoms with E-state index < -0.39 is 11.9 Å². The molecule has 0 spiro atoms. The van der Waals surface area contributed by atoms with Crippen molar-refractivity contribution in [2.45, 2.75) is 38.3 Å². The second-order valence-corrected chi connectivity index (χ2v) is 6.25. The Labute approximate surface area is 118 Å². The van der Waals surface area contributed by atoms with Gasteiger partial charge in [0, 0.05) is 18.3 Å². The first-order chi connectivity index (χ1) is 9.16. The van der Waals surface area contributed by atoms with Crippen molar-refractivity contribution in [1.29, 1.82) is 0 Å². The number of carbonyl (C=O) groups is 1. The van der Waals surface area contributed by atoms with Crippen LogP contribution >= 0.6 is 11.8 Å². The van der Waals surface area contributed by atoms with Crippen LogP contribution in [0.15, 0.2) is 24.3 Å². The molecule has 0 aromatic heterocycles. The zero-order chi connectivity index (χ0) is 13.7. The maximum absolute atomic E-state index is 10.9. The van der Waals surface area contributed by atoms with E-state index in [4.69, 9.17) is 5.11 Å². The van der Waals surface area contributed by atoms with E-state index in [0.717, 1.165) is 12.1 Å². The molecule has 0 bridgehead atoms. The third kappa shape index (κ3) is 4.25. The van der Waals surface area contributed by atoms with Crippen molar-refractivity contribution in [3.05, 3.63) is 35.4 Å². The van der Waals surface area contributed by atoms with Gasteiger partial charge in [-0.1, -0.05) is 24.3 Å². The van der Waals surface area contributed by atoms with Gasteiger partial charge in [-0.15, -0.1) is 0 Å². The van der Waals surface area contributed by atoms with E-state index in [-0.39, 0.29) is 0 Å². The van der Waals surface area contributed by atoms with Crippen LogP contribution in [0.3, 0.4) is 0 Å². The van der Waals surface area contributed by atoms with Crippen LogP contribution in [0.5, 0.6) is 0 Å². The maximum atomic E-state index is 10.9. The third-order valence-corrected chi connectivity index (χ3v) is 4.82. The molecule has 1 aliphatic rings. The predicted molar refractivity (Wildman–Crippen MR) is 79.7 cm³/mol. The Morgan fingerprint density at radius 1 is 1.47 bits per heavy atom. The number of thioether (sulfide) groups is 1. The highest BCUT2D eigenvalue weighted by Crippen LogP contribution is 2.18. The summed E-state index contributed by atoms with van der Waals surface area (Å²) in [7, 11) is 0. The number of nitrogens with one attached hydrogen (secondary N) is 1. The van der Waals surface area contributed by atoms with Crippen LogP contribution in [0.1, 0.15) is 36.8 Å². The van der Waals surface area contributed by atoms with Gasteiger partial charge in [0.1, 0.15) is 0 Å². The Hall–Kier alpha value is -1.00. The van der Waals surface area contributed by atoms with Crippen LogP contribution in [0.2, 0.25) is 0 Å². The largest absolute Gasteiger partial charge is 0.481 e. The minimum atomic E-state index is -0.773. The van der Waals surface area contributed by atoms with Crippen molar-refractivity contribution >= 4 is 17.7 Å². The summed E-state index contributed by atoms with van der Waals surface area (Å²) in [5.41, 5.74) is 2.08. The molecule has 0 aliphatic carbocycles. The van der Waals surface area contributed by atoms with Crippen molar-refractivity contribution in [2.75, 3.05) is 11.5 Å². The fourth-order valence-corrected chi connectivity index (χ4v) is 3.34. The number of carboxylic acids is 1. The first kappa shape index (κ1) is 14.4. The lowest BCUT2D eigenvalue weighted by atomic mass is 10.00. The second-order valence-electron chi connectivity index (χ2n) is 5.10. The van der Waals surface area contributed by atoms with Gasteiger partial charge in [0.25, 0.3) is 0 Å². The van der Waals surface area contributed by atoms with E-state index in [1.165, 1.54) is 29.9 Å². The highest BCUT2D eigenvalue weighted by molar-refractivity contribution is 7.99. The summed E-state index contributed by atoms with van der Waals surface area (Å²) in [5.74, 6) is 1.29. The Morgan fingerprint density at radius 3 is 2.79 bits per heavy atom. The van der Waals surface area contributed by atoms with E-state index >= 15 is 0 Å².